The van der Waals surface area contributed by atoms with Crippen LogP contribution in [-0.2, 0) is 0 Å². The molecule has 0 saturated carbocycles. The molecule has 0 N–H and O–H groups in total. The molecule has 1 heterocycles. The molecule has 0 radical (unpaired) electrons. The Morgan fingerprint density at radius 3 is 1.82 bits per heavy atom. The van der Waals surface area contributed by atoms with Crippen molar-refractivity contribution < 1.29 is 4.39 Å². The fraction of sp³-hybridized carbons (Fsp3) is 0.625. The Kier molecular flexibility index (Phi) is 9.52. The summed E-state index contributed by atoms with van der Waals surface area (Å²) in [5.74, 6) is -0.175. The summed E-state index contributed by atoms with van der Waals surface area (Å²) in [4.78, 5) is 4.92. The van der Waals surface area contributed by atoms with Gasteiger partial charge >= 0.3 is 176 Å². The van der Waals surface area contributed by atoms with Gasteiger partial charge in [0.25, 0.3) is 0 Å². The van der Waals surface area contributed by atoms with Crippen molar-refractivity contribution in [3.63, 3.8) is 0 Å². The van der Waals surface area contributed by atoms with Crippen LogP contribution in [0, 0.1) is 5.82 Å². The van der Waals surface area contributed by atoms with Crippen molar-refractivity contribution in [2.24, 2.45) is 0 Å². The van der Waals surface area contributed by atoms with E-state index in [1.807, 2.05) is 12.1 Å². The maximum absolute atomic E-state index is 13.6. The van der Waals surface area contributed by atoms with E-state index in [-0.39, 0.29) is 5.82 Å². The Labute approximate surface area is 175 Å². The van der Waals surface area contributed by atoms with E-state index in [0.717, 1.165) is 11.3 Å². The van der Waals surface area contributed by atoms with Gasteiger partial charge in [-0.05, 0) is 0 Å². The molecule has 0 fully saturated rings. The van der Waals surface area contributed by atoms with E-state index in [4.69, 9.17) is 4.98 Å². The quantitative estimate of drug-likeness (QED) is 0.283. The first-order valence-corrected chi connectivity index (χ1v) is 18.8. The van der Waals surface area contributed by atoms with Gasteiger partial charge in [0.05, 0.1) is 0 Å². The molecule has 0 bridgehead atoms. The molecule has 0 spiro atoms. The molecule has 0 saturated heterocycles. The van der Waals surface area contributed by atoms with Crippen molar-refractivity contribution in [2.45, 2.75) is 92.5 Å². The van der Waals surface area contributed by atoms with Crippen LogP contribution < -0.4 is 3.71 Å². The Hall–Kier alpha value is -0.841. The van der Waals surface area contributed by atoms with Crippen molar-refractivity contribution in [2.75, 3.05) is 0 Å². The second-order valence-corrected chi connectivity index (χ2v) is 21.5. The van der Waals surface area contributed by atoms with Gasteiger partial charge in [-0.1, -0.05) is 0 Å². The molecule has 0 aliphatic rings. The van der Waals surface area contributed by atoms with Crippen LogP contribution in [0.25, 0.3) is 11.3 Å². The van der Waals surface area contributed by atoms with Gasteiger partial charge in [0, 0.05) is 0 Å². The van der Waals surface area contributed by atoms with Gasteiger partial charge in [-0.15, -0.1) is 0 Å². The van der Waals surface area contributed by atoms with E-state index in [1.165, 1.54) is 51.8 Å². The van der Waals surface area contributed by atoms with Gasteiger partial charge in [0.2, 0.25) is 0 Å². The van der Waals surface area contributed by atoms with Gasteiger partial charge in [0.1, 0.15) is 0 Å². The predicted molar refractivity (Wildman–Crippen MR) is 123 cm³/mol. The Morgan fingerprint density at radius 1 is 0.893 bits per heavy atom. The van der Waals surface area contributed by atoms with Gasteiger partial charge in [-0.25, -0.2) is 0 Å². The molecular weight excluding hydrogens is 454 g/mol. The Morgan fingerprint density at radius 2 is 1.39 bits per heavy atom. The molecule has 156 valence electrons. The standard InChI is InChI=1S/C12H12FN2.3C4H9.Sn/c1-9(2)15-7-12(14-8-15)10-3-5-11(13)6-4-10;3*1-3-4-2;/h3-6,8-9H,1-2H3;3*1,3-4H2,2H3;. The molecule has 1 aromatic heterocycles. The van der Waals surface area contributed by atoms with E-state index in [9.17, 15) is 4.39 Å². The summed E-state index contributed by atoms with van der Waals surface area (Å²) in [7, 11) is 0. The molecule has 0 aliphatic carbocycles. The van der Waals surface area contributed by atoms with Gasteiger partial charge < -0.3 is 0 Å². The number of hydrogen-bond acceptors (Lipinski definition) is 1. The molecule has 4 heteroatoms. The first-order chi connectivity index (χ1) is 13.5. The zero-order chi connectivity index (χ0) is 20.6. The normalized spacial score (nSPS) is 12.1. The Bertz CT molecular complexity index is 684. The van der Waals surface area contributed by atoms with Crippen LogP contribution in [0.3, 0.4) is 0 Å². The fourth-order valence-corrected chi connectivity index (χ4v) is 21.9. The third-order valence-corrected chi connectivity index (χ3v) is 21.5. The van der Waals surface area contributed by atoms with E-state index in [1.54, 1.807) is 15.8 Å². The minimum atomic E-state index is -2.68. The summed E-state index contributed by atoms with van der Waals surface area (Å²) in [6.45, 7) is 11.5. The third kappa shape index (κ3) is 5.61. The number of nitrogens with zero attached hydrogens (tertiary/aromatic N) is 2. The van der Waals surface area contributed by atoms with Crippen molar-refractivity contribution in [1.29, 1.82) is 0 Å². The first kappa shape index (κ1) is 23.4. The summed E-state index contributed by atoms with van der Waals surface area (Å²) < 4.78 is 21.9. The van der Waals surface area contributed by atoms with E-state index in [0.29, 0.717) is 6.04 Å². The molecule has 0 aliphatic heterocycles. The number of benzene rings is 1. The summed E-state index contributed by atoms with van der Waals surface area (Å²) in [6, 6.07) is 7.41. The average molecular weight is 493 g/mol. The summed E-state index contributed by atoms with van der Waals surface area (Å²) in [5, 5.41) is 0. The van der Waals surface area contributed by atoms with Crippen molar-refractivity contribution in [1.82, 2.24) is 9.55 Å². The number of hydrogen-bond donors (Lipinski definition) is 0. The van der Waals surface area contributed by atoms with Crippen LogP contribution in [-0.4, -0.2) is 27.9 Å². The molecule has 2 aromatic rings. The molecule has 0 unspecified atom stereocenters. The topological polar surface area (TPSA) is 17.8 Å². The fourth-order valence-electron chi connectivity index (χ4n) is 4.37. The van der Waals surface area contributed by atoms with Crippen molar-refractivity contribution >= 4 is 22.1 Å². The molecule has 2 rings (SSSR count). The maximum atomic E-state index is 13.6. The second kappa shape index (κ2) is 11.4. The molecule has 28 heavy (non-hydrogen) atoms. The second-order valence-electron chi connectivity index (χ2n) is 8.54. The minimum absolute atomic E-state index is 0.175. The average Bonchev–Trinajstić information content (AvgIpc) is 3.14. The zero-order valence-corrected chi connectivity index (χ0v) is 21.5. The molecule has 2 nitrogen and oxygen atoms in total. The van der Waals surface area contributed by atoms with E-state index in [2.05, 4.69) is 45.5 Å². The Balaban J connectivity index is 2.66. The first-order valence-electron chi connectivity index (χ1n) is 11.3. The summed E-state index contributed by atoms with van der Waals surface area (Å²) in [5.41, 5.74) is 2.23. The summed E-state index contributed by atoms with van der Waals surface area (Å²) in [6.07, 6.45) is 9.84. The SMILES string of the molecule is CCC[CH2][Sn]([CH2]CCC)([CH2]CCC)[c]1c(-c2ccc(F)cc2)ncn1C(C)C. The van der Waals surface area contributed by atoms with Gasteiger partial charge in [-0.2, -0.15) is 0 Å². The third-order valence-electron chi connectivity index (χ3n) is 6.00. The number of aromatic nitrogens is 2. The van der Waals surface area contributed by atoms with Crippen molar-refractivity contribution in [3.05, 3.63) is 36.4 Å². The van der Waals surface area contributed by atoms with Crippen LogP contribution in [0.4, 0.5) is 4.39 Å². The molecule has 0 amide bonds. The van der Waals surface area contributed by atoms with Crippen LogP contribution in [0.5, 0.6) is 0 Å². The number of rotatable bonds is 12. The van der Waals surface area contributed by atoms with Gasteiger partial charge in [0.15, 0.2) is 0 Å². The van der Waals surface area contributed by atoms with Crippen molar-refractivity contribution in [3.8, 4) is 11.3 Å². The van der Waals surface area contributed by atoms with Crippen LogP contribution in [0.1, 0.15) is 79.2 Å². The van der Waals surface area contributed by atoms with E-state index >= 15 is 0 Å². The number of unbranched alkanes of at least 4 members (excludes halogenated alkanes) is 3. The number of halogens is 1. The van der Waals surface area contributed by atoms with Gasteiger partial charge in [-0.3, -0.25) is 0 Å². The van der Waals surface area contributed by atoms with E-state index < -0.39 is 18.4 Å². The van der Waals surface area contributed by atoms with Crippen LogP contribution in [0.2, 0.25) is 13.3 Å². The zero-order valence-electron chi connectivity index (χ0n) is 18.6. The monoisotopic (exact) mass is 494 g/mol. The molecule has 0 atom stereocenters. The van der Waals surface area contributed by atoms with Crippen LogP contribution >= 0.6 is 0 Å². The number of imidazole rings is 1. The van der Waals surface area contributed by atoms with Crippen LogP contribution in [0.15, 0.2) is 30.6 Å². The summed E-state index contributed by atoms with van der Waals surface area (Å²) >= 11 is -2.68. The molecular formula is C24H39FN2Sn. The predicted octanol–water partition coefficient (Wildman–Crippen LogP) is 7.33. The molecule has 1 aromatic carbocycles.